The lowest BCUT2D eigenvalue weighted by atomic mass is 10.0. The van der Waals surface area contributed by atoms with Crippen LogP contribution in [-0.4, -0.2) is 51.6 Å². The number of carboxylic acids is 1. The number of carboxylic acid groups (broad SMARTS) is 1. The van der Waals surface area contributed by atoms with Crippen molar-refractivity contribution in [2.45, 2.75) is 26.8 Å². The second-order valence-corrected chi connectivity index (χ2v) is 10.9. The van der Waals surface area contributed by atoms with Crippen LogP contribution in [0.15, 0.2) is 71.9 Å². The first-order valence-electron chi connectivity index (χ1n) is 14.2. The Balaban J connectivity index is 1.33. The third-order valence-corrected chi connectivity index (χ3v) is 8.12. The van der Waals surface area contributed by atoms with Gasteiger partial charge in [0.2, 0.25) is 0 Å². The molecule has 1 fully saturated rings. The van der Waals surface area contributed by atoms with Crippen LogP contribution in [0.1, 0.15) is 45.6 Å². The summed E-state index contributed by atoms with van der Waals surface area (Å²) in [6, 6.07) is 16.5. The van der Waals surface area contributed by atoms with E-state index in [0.29, 0.717) is 54.5 Å². The first-order valence-corrected chi connectivity index (χ1v) is 14.2. The second kappa shape index (κ2) is 11.1. The summed E-state index contributed by atoms with van der Waals surface area (Å²) >= 11 is 0. The topological polar surface area (TPSA) is 127 Å². The second-order valence-electron chi connectivity index (χ2n) is 10.9. The van der Waals surface area contributed by atoms with Gasteiger partial charge in [-0.15, -0.1) is 0 Å². The van der Waals surface area contributed by atoms with Crippen LogP contribution < -0.4 is 20.7 Å². The Morgan fingerprint density at radius 1 is 1.05 bits per heavy atom. The zero-order valence-electron chi connectivity index (χ0n) is 24.2. The van der Waals surface area contributed by atoms with Gasteiger partial charge in [0, 0.05) is 72.5 Å². The maximum Gasteiger partial charge on any atom is 0.337 e. The van der Waals surface area contributed by atoms with Crippen LogP contribution in [0.2, 0.25) is 0 Å². The van der Waals surface area contributed by atoms with E-state index in [-0.39, 0.29) is 17.2 Å². The highest BCUT2D eigenvalue weighted by atomic mass is 16.4. The van der Waals surface area contributed by atoms with Crippen molar-refractivity contribution in [3.63, 3.8) is 0 Å². The number of anilines is 3. The number of nitriles is 1. The summed E-state index contributed by atoms with van der Waals surface area (Å²) in [5, 5.41) is 24.3. The summed E-state index contributed by atoms with van der Waals surface area (Å²) in [7, 11) is 0. The average molecular weight is 574 g/mol. The van der Waals surface area contributed by atoms with E-state index < -0.39 is 5.97 Å². The minimum absolute atomic E-state index is 0.129. The number of fused-ring (bicyclic) bond motifs is 2. The minimum Gasteiger partial charge on any atom is -0.478 e. The zero-order chi connectivity index (χ0) is 30.2. The number of rotatable bonds is 6. The van der Waals surface area contributed by atoms with Gasteiger partial charge in [-0.1, -0.05) is 12.1 Å². The van der Waals surface area contributed by atoms with Gasteiger partial charge in [-0.2, -0.15) is 5.26 Å². The van der Waals surface area contributed by atoms with E-state index in [4.69, 9.17) is 4.98 Å². The van der Waals surface area contributed by atoms with Crippen LogP contribution in [0.3, 0.4) is 0 Å². The van der Waals surface area contributed by atoms with Crippen molar-refractivity contribution in [1.82, 2.24) is 14.4 Å². The third-order valence-electron chi connectivity index (χ3n) is 8.12. The number of para-hydroxylation sites is 1. The average Bonchev–Trinajstić information content (AvgIpc) is 3.02. The highest BCUT2D eigenvalue weighted by molar-refractivity contribution is 5.97. The molecule has 43 heavy (non-hydrogen) atoms. The van der Waals surface area contributed by atoms with E-state index in [2.05, 4.69) is 26.2 Å². The van der Waals surface area contributed by atoms with Gasteiger partial charge in [0.1, 0.15) is 11.5 Å². The van der Waals surface area contributed by atoms with E-state index in [1.807, 2.05) is 45.0 Å². The normalized spacial score (nSPS) is 14.1. The Hall–Kier alpha value is -5.43. The molecule has 0 amide bonds. The number of benzene rings is 2. The maximum absolute atomic E-state index is 13.7. The third kappa shape index (κ3) is 4.99. The fourth-order valence-electron chi connectivity index (χ4n) is 5.92. The van der Waals surface area contributed by atoms with Gasteiger partial charge in [0.25, 0.3) is 5.56 Å². The number of hydrogen-bond donors (Lipinski definition) is 2. The number of aromatic nitrogens is 3. The van der Waals surface area contributed by atoms with Gasteiger partial charge in [0.15, 0.2) is 0 Å². The molecule has 3 aromatic heterocycles. The van der Waals surface area contributed by atoms with Crippen molar-refractivity contribution in [2.75, 3.05) is 41.3 Å². The summed E-state index contributed by atoms with van der Waals surface area (Å²) in [6.45, 7) is 8.45. The van der Waals surface area contributed by atoms with Crippen LogP contribution in [0.5, 0.6) is 0 Å². The van der Waals surface area contributed by atoms with Gasteiger partial charge < -0.3 is 20.2 Å². The van der Waals surface area contributed by atoms with Crippen molar-refractivity contribution < 1.29 is 9.90 Å². The van der Waals surface area contributed by atoms with Gasteiger partial charge in [-0.3, -0.25) is 14.2 Å². The first-order chi connectivity index (χ1) is 20.8. The predicted octanol–water partition coefficient (Wildman–Crippen LogP) is 4.93. The van der Waals surface area contributed by atoms with Crippen LogP contribution in [0, 0.1) is 25.2 Å². The highest BCUT2D eigenvalue weighted by Gasteiger charge is 2.25. The predicted molar refractivity (Wildman–Crippen MR) is 167 cm³/mol. The van der Waals surface area contributed by atoms with Crippen molar-refractivity contribution in [2.24, 2.45) is 0 Å². The number of aryl methyl sites for hydroxylation is 1. The molecule has 2 aromatic carbocycles. The lowest BCUT2D eigenvalue weighted by Gasteiger charge is -2.37. The Kier molecular flexibility index (Phi) is 7.16. The molecule has 1 aliphatic rings. The van der Waals surface area contributed by atoms with Gasteiger partial charge in [-0.05, 0) is 62.7 Å². The van der Waals surface area contributed by atoms with Crippen molar-refractivity contribution in [3.05, 3.63) is 105 Å². The number of aromatic carboxylic acids is 1. The zero-order valence-corrected chi connectivity index (χ0v) is 24.2. The van der Waals surface area contributed by atoms with E-state index in [0.717, 1.165) is 27.6 Å². The molecule has 0 saturated carbocycles. The Bertz CT molecular complexity index is 1990. The lowest BCUT2D eigenvalue weighted by molar-refractivity contribution is 0.0698. The molecule has 0 bridgehead atoms. The maximum atomic E-state index is 13.7. The SMILES string of the molecule is Cc1cc(C(C)Nc2ccccc2C(=O)O)c2nc(N3CCN(c4ccc(C#N)c5cnccc45)CC3)c(C)c(=O)n2c1. The van der Waals surface area contributed by atoms with Gasteiger partial charge in [0.05, 0.1) is 28.8 Å². The van der Waals surface area contributed by atoms with Crippen LogP contribution in [-0.2, 0) is 0 Å². The molecule has 10 heteroatoms. The standard InChI is InChI=1S/C33H31N7O3/c1-20-16-26(22(3)36-28-7-5-4-6-25(28)33(42)43)31-37-30(21(2)32(41)40(31)19-20)39-14-12-38(13-15-39)29-9-8-23(17-34)27-18-35-11-10-24(27)29/h4-11,16,18-19,22,36H,12-15H2,1-3H3,(H,42,43). The van der Waals surface area contributed by atoms with Crippen LogP contribution >= 0.6 is 0 Å². The molecule has 5 aromatic rings. The van der Waals surface area contributed by atoms with Crippen molar-refractivity contribution in [1.29, 1.82) is 5.26 Å². The van der Waals surface area contributed by atoms with E-state index in [1.54, 1.807) is 47.3 Å². The number of nitrogens with zero attached hydrogens (tertiary/aromatic N) is 6. The molecule has 0 radical (unpaired) electrons. The van der Waals surface area contributed by atoms with Gasteiger partial charge in [-0.25, -0.2) is 9.78 Å². The molecule has 4 heterocycles. The highest BCUT2D eigenvalue weighted by Crippen LogP contribution is 2.31. The number of piperazine rings is 1. The smallest absolute Gasteiger partial charge is 0.337 e. The monoisotopic (exact) mass is 573 g/mol. The lowest BCUT2D eigenvalue weighted by Crippen LogP contribution is -2.47. The molecule has 216 valence electrons. The summed E-state index contributed by atoms with van der Waals surface area (Å²) in [4.78, 5) is 39.2. The fraction of sp³-hybridized carbons (Fsp3) is 0.242. The van der Waals surface area contributed by atoms with E-state index >= 15 is 0 Å². The van der Waals surface area contributed by atoms with E-state index in [1.165, 1.54) is 0 Å². The molecule has 1 aliphatic heterocycles. The minimum atomic E-state index is -1.01. The Labute approximate surface area is 248 Å². The summed E-state index contributed by atoms with van der Waals surface area (Å²) < 4.78 is 1.60. The summed E-state index contributed by atoms with van der Waals surface area (Å²) in [5.41, 5.74) is 5.02. The molecule has 1 unspecified atom stereocenters. The van der Waals surface area contributed by atoms with Crippen LogP contribution in [0.4, 0.5) is 17.2 Å². The Morgan fingerprint density at radius 3 is 2.53 bits per heavy atom. The molecule has 0 aliphatic carbocycles. The molecule has 1 atom stereocenters. The molecule has 2 N–H and O–H groups in total. The molecule has 1 saturated heterocycles. The molecular weight excluding hydrogens is 542 g/mol. The number of carbonyl (C=O) groups is 1. The van der Waals surface area contributed by atoms with E-state index in [9.17, 15) is 20.0 Å². The first kappa shape index (κ1) is 27.7. The fourth-order valence-corrected chi connectivity index (χ4v) is 5.92. The van der Waals surface area contributed by atoms with Crippen molar-refractivity contribution in [3.8, 4) is 6.07 Å². The molecular formula is C33H31N7O3. The quantitative estimate of drug-likeness (QED) is 0.291. The summed E-state index contributed by atoms with van der Waals surface area (Å²) in [5.74, 6) is -0.358. The number of pyridine rings is 2. The number of hydrogen-bond acceptors (Lipinski definition) is 8. The molecule has 6 rings (SSSR count). The largest absolute Gasteiger partial charge is 0.478 e. The van der Waals surface area contributed by atoms with Crippen LogP contribution in [0.25, 0.3) is 16.4 Å². The molecule has 0 spiro atoms. The number of nitrogens with one attached hydrogen (secondary N) is 1. The van der Waals surface area contributed by atoms with Crippen molar-refractivity contribution >= 4 is 39.6 Å². The summed E-state index contributed by atoms with van der Waals surface area (Å²) in [6.07, 6.45) is 5.28. The van der Waals surface area contributed by atoms with Gasteiger partial charge >= 0.3 is 5.97 Å². The Morgan fingerprint density at radius 2 is 1.79 bits per heavy atom. The molecule has 10 nitrogen and oxygen atoms in total.